The van der Waals surface area contributed by atoms with Crippen LogP contribution in [-0.2, 0) is 22.6 Å². The number of amides is 3. The van der Waals surface area contributed by atoms with Gasteiger partial charge in [0.15, 0.2) is 0 Å². The van der Waals surface area contributed by atoms with Gasteiger partial charge in [-0.15, -0.1) is 0 Å². The molecule has 2 aromatic carbocycles. The van der Waals surface area contributed by atoms with Crippen molar-refractivity contribution in [3.63, 3.8) is 0 Å². The fourth-order valence-corrected chi connectivity index (χ4v) is 4.75. The van der Waals surface area contributed by atoms with Gasteiger partial charge in [-0.1, -0.05) is 30.3 Å². The summed E-state index contributed by atoms with van der Waals surface area (Å²) in [5.74, 6) is -1.08. The number of likely N-dealkylation sites (tertiary alicyclic amines) is 1. The fourth-order valence-electron chi connectivity index (χ4n) is 4.75. The molecule has 1 unspecified atom stereocenters. The zero-order valence-electron chi connectivity index (χ0n) is 21.9. The minimum Gasteiger partial charge on any atom is -0.392 e. The van der Waals surface area contributed by atoms with Crippen LogP contribution in [0.15, 0.2) is 48.5 Å². The molecule has 3 amide bonds. The van der Waals surface area contributed by atoms with Crippen LogP contribution in [0, 0.1) is 0 Å². The summed E-state index contributed by atoms with van der Waals surface area (Å²) in [4.78, 5) is 29.3. The maximum atomic E-state index is 13.8. The average Bonchev–Trinajstić information content (AvgIpc) is 3.31. The van der Waals surface area contributed by atoms with Crippen LogP contribution in [0.25, 0.3) is 0 Å². The van der Waals surface area contributed by atoms with E-state index < -0.39 is 58.5 Å². The quantitative estimate of drug-likeness (QED) is 0.489. The molecular weight excluding hydrogens is 528 g/mol. The Balaban J connectivity index is 1.97. The monoisotopic (exact) mass is 559 g/mol. The Morgan fingerprint density at radius 3 is 1.97 bits per heavy atom. The summed E-state index contributed by atoms with van der Waals surface area (Å²) in [5, 5.41) is 12.1. The zero-order chi connectivity index (χ0) is 29.3. The minimum absolute atomic E-state index is 0.00882. The largest absolute Gasteiger partial charge is 0.416 e. The van der Waals surface area contributed by atoms with E-state index in [1.807, 2.05) is 12.1 Å². The number of alkyl halides is 6. The van der Waals surface area contributed by atoms with Gasteiger partial charge < -0.3 is 20.2 Å². The lowest BCUT2D eigenvalue weighted by Crippen LogP contribution is -2.49. The number of nitrogens with one attached hydrogen (secondary N) is 1. The van der Waals surface area contributed by atoms with Gasteiger partial charge in [0.2, 0.25) is 5.91 Å². The third-order valence-corrected chi connectivity index (χ3v) is 7.01. The van der Waals surface area contributed by atoms with Gasteiger partial charge in [0.1, 0.15) is 0 Å². The maximum absolute atomic E-state index is 13.8. The van der Waals surface area contributed by atoms with Gasteiger partial charge in [0, 0.05) is 32.6 Å². The van der Waals surface area contributed by atoms with Crippen molar-refractivity contribution in [1.82, 2.24) is 15.1 Å². The molecule has 1 fully saturated rings. The molecule has 3 rings (SSSR count). The molecule has 1 saturated heterocycles. The van der Waals surface area contributed by atoms with Crippen LogP contribution in [0.2, 0.25) is 0 Å². The summed E-state index contributed by atoms with van der Waals surface area (Å²) in [6.45, 7) is 4.35. The van der Waals surface area contributed by atoms with Crippen LogP contribution in [0.4, 0.5) is 31.1 Å². The highest BCUT2D eigenvalue weighted by Gasteiger charge is 2.45. The number of hydrogen-bond donors (Lipinski definition) is 2. The molecule has 3 atom stereocenters. The number of benzene rings is 2. The molecule has 6 nitrogen and oxygen atoms in total. The van der Waals surface area contributed by atoms with Crippen LogP contribution in [0.1, 0.15) is 48.9 Å². The van der Waals surface area contributed by atoms with Gasteiger partial charge in [-0.3, -0.25) is 4.79 Å². The van der Waals surface area contributed by atoms with E-state index >= 15 is 0 Å². The van der Waals surface area contributed by atoms with E-state index in [-0.39, 0.29) is 31.6 Å². The number of aliphatic hydroxyl groups is 1. The fraction of sp³-hybridized carbons (Fsp3) is 0.481. The number of likely N-dealkylation sites (N-methyl/N-ethyl adjacent to an activating group) is 1. The van der Waals surface area contributed by atoms with E-state index in [1.54, 1.807) is 18.2 Å². The summed E-state index contributed by atoms with van der Waals surface area (Å²) in [5.41, 5.74) is -4.38. The Labute approximate surface area is 222 Å². The van der Waals surface area contributed by atoms with Gasteiger partial charge in [0.05, 0.1) is 28.7 Å². The smallest absolute Gasteiger partial charge is 0.392 e. The molecule has 1 heterocycles. The highest BCUT2D eigenvalue weighted by atomic mass is 19.4. The van der Waals surface area contributed by atoms with E-state index in [0.29, 0.717) is 12.1 Å². The molecule has 0 aromatic heterocycles. The molecule has 214 valence electrons. The lowest BCUT2D eigenvalue weighted by Gasteiger charge is -2.36. The summed E-state index contributed by atoms with van der Waals surface area (Å²) in [6, 6.07) is 9.09. The molecule has 0 radical (unpaired) electrons. The Kier molecular flexibility index (Phi) is 8.59. The van der Waals surface area contributed by atoms with Crippen molar-refractivity contribution in [3.05, 3.63) is 70.8 Å². The highest BCUT2D eigenvalue weighted by Crippen LogP contribution is 2.40. The van der Waals surface area contributed by atoms with Gasteiger partial charge in [-0.2, -0.15) is 26.3 Å². The van der Waals surface area contributed by atoms with E-state index in [9.17, 15) is 41.0 Å². The molecule has 1 aliphatic rings. The Morgan fingerprint density at radius 2 is 1.49 bits per heavy atom. The van der Waals surface area contributed by atoms with Crippen molar-refractivity contribution < 1.29 is 41.0 Å². The standard InChI is InChI=1S/C27H31F6N3O3/c1-16(37)13-34-24(39)36-14-21(17-8-6-5-7-9-17)22(15-36)35(4)23(38)25(2,3)18-10-19(26(28,29)30)12-20(11-18)27(31,32)33/h5-12,16,21-22,37H,13-15H2,1-4H3,(H,34,39)/t16-,21?,22-/m1/s1. The second kappa shape index (κ2) is 11.1. The number of hydrogen-bond acceptors (Lipinski definition) is 3. The van der Waals surface area contributed by atoms with E-state index in [0.717, 1.165) is 5.56 Å². The van der Waals surface area contributed by atoms with Crippen molar-refractivity contribution >= 4 is 11.9 Å². The van der Waals surface area contributed by atoms with Crippen molar-refractivity contribution in [2.75, 3.05) is 26.7 Å². The predicted octanol–water partition coefficient (Wildman–Crippen LogP) is 5.02. The molecule has 1 aliphatic heterocycles. The summed E-state index contributed by atoms with van der Waals surface area (Å²) in [7, 11) is 1.43. The third-order valence-electron chi connectivity index (χ3n) is 7.01. The second-order valence-corrected chi connectivity index (χ2v) is 10.4. The van der Waals surface area contributed by atoms with Gasteiger partial charge in [-0.25, -0.2) is 4.79 Å². The van der Waals surface area contributed by atoms with Crippen molar-refractivity contribution in [1.29, 1.82) is 0 Å². The van der Waals surface area contributed by atoms with Crippen LogP contribution in [0.3, 0.4) is 0 Å². The van der Waals surface area contributed by atoms with Crippen molar-refractivity contribution in [2.24, 2.45) is 0 Å². The number of halogens is 6. The summed E-state index contributed by atoms with van der Waals surface area (Å²) < 4.78 is 80.9. The second-order valence-electron chi connectivity index (χ2n) is 10.4. The Bertz CT molecular complexity index is 1150. The summed E-state index contributed by atoms with van der Waals surface area (Å²) in [6.07, 6.45) is -10.9. The lowest BCUT2D eigenvalue weighted by atomic mass is 9.80. The Morgan fingerprint density at radius 1 is 0.974 bits per heavy atom. The first-order valence-corrected chi connectivity index (χ1v) is 12.3. The van der Waals surface area contributed by atoms with E-state index in [1.165, 1.54) is 37.6 Å². The predicted molar refractivity (Wildman–Crippen MR) is 132 cm³/mol. The topological polar surface area (TPSA) is 72.9 Å². The minimum atomic E-state index is -5.05. The highest BCUT2D eigenvalue weighted by molar-refractivity contribution is 5.88. The summed E-state index contributed by atoms with van der Waals surface area (Å²) >= 11 is 0. The number of carbonyl (C=O) groups is 2. The molecule has 0 spiro atoms. The van der Waals surface area contributed by atoms with Gasteiger partial charge >= 0.3 is 18.4 Å². The number of urea groups is 1. The molecule has 2 N–H and O–H groups in total. The SMILES string of the molecule is C[C@@H](O)CNC(=O)N1CC(c2ccccc2)[C@H](N(C)C(=O)C(C)(C)c2cc(C(F)(F)F)cc(C(F)(F)F)c2)C1. The molecule has 2 aromatic rings. The number of aliphatic hydroxyl groups excluding tert-OH is 1. The van der Waals surface area contributed by atoms with E-state index in [4.69, 9.17) is 0 Å². The molecule has 0 bridgehead atoms. The van der Waals surface area contributed by atoms with Crippen LogP contribution < -0.4 is 5.32 Å². The first-order chi connectivity index (χ1) is 17.9. The van der Waals surface area contributed by atoms with Crippen LogP contribution in [-0.4, -0.2) is 65.7 Å². The van der Waals surface area contributed by atoms with Crippen LogP contribution >= 0.6 is 0 Å². The molecule has 12 heteroatoms. The van der Waals surface area contributed by atoms with Crippen molar-refractivity contribution in [3.8, 4) is 0 Å². The normalized spacial score (nSPS) is 19.1. The van der Waals surface area contributed by atoms with Crippen LogP contribution in [0.5, 0.6) is 0 Å². The lowest BCUT2D eigenvalue weighted by molar-refractivity contribution is -0.144. The first kappa shape index (κ1) is 30.3. The number of carbonyl (C=O) groups excluding carboxylic acids is 2. The molecular formula is C27H31F6N3O3. The average molecular weight is 560 g/mol. The van der Waals surface area contributed by atoms with Gasteiger partial charge in [-0.05, 0) is 50.1 Å². The number of nitrogens with zero attached hydrogens (tertiary/aromatic N) is 2. The Hall–Kier alpha value is -3.28. The van der Waals surface area contributed by atoms with Crippen molar-refractivity contribution in [2.45, 2.75) is 56.6 Å². The molecule has 39 heavy (non-hydrogen) atoms. The first-order valence-electron chi connectivity index (χ1n) is 12.3. The molecule has 0 aliphatic carbocycles. The van der Waals surface area contributed by atoms with Gasteiger partial charge in [0.25, 0.3) is 0 Å². The molecule has 0 saturated carbocycles. The van der Waals surface area contributed by atoms with E-state index in [2.05, 4.69) is 5.32 Å². The number of rotatable bonds is 6. The maximum Gasteiger partial charge on any atom is 0.416 e. The third kappa shape index (κ3) is 6.84. The zero-order valence-corrected chi connectivity index (χ0v) is 21.9.